The lowest BCUT2D eigenvalue weighted by Gasteiger charge is -2.43. The Bertz CT molecular complexity index is 287. The summed E-state index contributed by atoms with van der Waals surface area (Å²) in [4.78, 5) is 0. The number of ether oxygens (including phenoxy) is 2. The first-order valence-electron chi connectivity index (χ1n) is 6.71. The lowest BCUT2D eigenvalue weighted by molar-refractivity contribution is -0.249. The van der Waals surface area contributed by atoms with Gasteiger partial charge in [0.05, 0.1) is 12.7 Å². The van der Waals surface area contributed by atoms with Gasteiger partial charge in [-0.2, -0.15) is 0 Å². The van der Waals surface area contributed by atoms with Crippen LogP contribution in [0, 0.1) is 0 Å². The quantitative estimate of drug-likeness (QED) is 0.785. The van der Waals surface area contributed by atoms with Crippen molar-refractivity contribution >= 4 is 16.6 Å². The predicted molar refractivity (Wildman–Crippen MR) is 79.2 cm³/mol. The smallest absolute Gasteiger partial charge is 0.184 e. The van der Waals surface area contributed by atoms with Gasteiger partial charge in [-0.05, 0) is 39.3 Å². The molecule has 0 bridgehead atoms. The monoisotopic (exact) mass is 308 g/mol. The highest BCUT2D eigenvalue weighted by atomic mass is 28.4. The fourth-order valence-electron chi connectivity index (χ4n) is 2.13. The van der Waals surface area contributed by atoms with Crippen LogP contribution in [0.5, 0.6) is 0 Å². The van der Waals surface area contributed by atoms with Gasteiger partial charge in [-0.3, -0.25) is 0 Å². The summed E-state index contributed by atoms with van der Waals surface area (Å²) >= 11 is 0. The van der Waals surface area contributed by atoms with Crippen LogP contribution in [-0.4, -0.2) is 60.1 Å². The van der Waals surface area contributed by atoms with Gasteiger partial charge in [0.25, 0.3) is 0 Å². The minimum absolute atomic E-state index is 0.179. The maximum Gasteiger partial charge on any atom is 0.184 e. The molecule has 0 radical (unpaired) electrons. The summed E-state index contributed by atoms with van der Waals surface area (Å²) in [5.74, 6) is 0. The summed E-state index contributed by atoms with van der Waals surface area (Å²) in [6.45, 7) is 13.0. The first-order valence-corrected chi connectivity index (χ1v) is 13.5. The average molecular weight is 309 g/mol. The van der Waals surface area contributed by atoms with Gasteiger partial charge >= 0.3 is 0 Å². The lowest BCUT2D eigenvalue weighted by Crippen LogP contribution is -2.59. The highest BCUT2D eigenvalue weighted by Crippen LogP contribution is 2.26. The molecule has 0 saturated carbocycles. The Labute approximate surface area is 118 Å². The van der Waals surface area contributed by atoms with Crippen molar-refractivity contribution < 1.29 is 23.4 Å². The molecule has 0 spiro atoms. The van der Waals surface area contributed by atoms with Gasteiger partial charge in [-0.1, -0.05) is 0 Å². The highest BCUT2D eigenvalue weighted by Gasteiger charge is 2.44. The van der Waals surface area contributed by atoms with Crippen molar-refractivity contribution in [2.45, 2.75) is 63.9 Å². The van der Waals surface area contributed by atoms with Gasteiger partial charge in [-0.15, -0.1) is 0 Å². The maximum atomic E-state index is 10.0. The van der Waals surface area contributed by atoms with E-state index in [1.54, 1.807) is 7.11 Å². The molecule has 0 aromatic rings. The summed E-state index contributed by atoms with van der Waals surface area (Å²) in [6.07, 6.45) is -1.89. The minimum atomic E-state index is -1.80. The van der Waals surface area contributed by atoms with Crippen molar-refractivity contribution in [2.24, 2.45) is 0 Å². The van der Waals surface area contributed by atoms with Crippen LogP contribution in [0.2, 0.25) is 39.3 Å². The number of aliphatic hydroxyl groups is 1. The van der Waals surface area contributed by atoms with Crippen LogP contribution >= 0.6 is 0 Å². The number of methoxy groups -OCH3 is 1. The fourth-order valence-corrected chi connectivity index (χ4v) is 4.31. The molecule has 1 aliphatic rings. The molecule has 114 valence electrons. The molecule has 1 unspecified atom stereocenters. The molecule has 1 N–H and O–H groups in total. The van der Waals surface area contributed by atoms with E-state index in [0.717, 1.165) is 0 Å². The largest absolute Gasteiger partial charge is 0.410 e. The van der Waals surface area contributed by atoms with E-state index in [1.807, 2.05) is 0 Å². The van der Waals surface area contributed by atoms with E-state index in [9.17, 15) is 5.11 Å². The summed E-state index contributed by atoms with van der Waals surface area (Å²) in [5, 5.41) is 10.0. The van der Waals surface area contributed by atoms with Crippen LogP contribution in [0.25, 0.3) is 0 Å². The van der Waals surface area contributed by atoms with Gasteiger partial charge in [0.1, 0.15) is 12.2 Å². The van der Waals surface area contributed by atoms with Crippen LogP contribution in [0.3, 0.4) is 0 Å². The zero-order valence-corrected chi connectivity index (χ0v) is 15.1. The molecule has 19 heavy (non-hydrogen) atoms. The second kappa shape index (κ2) is 6.34. The number of rotatable bonds is 5. The van der Waals surface area contributed by atoms with Gasteiger partial charge < -0.3 is 23.4 Å². The summed E-state index contributed by atoms with van der Waals surface area (Å²) in [5.41, 5.74) is 0. The van der Waals surface area contributed by atoms with Crippen LogP contribution in [-0.2, 0) is 18.3 Å². The van der Waals surface area contributed by atoms with Crippen LogP contribution < -0.4 is 0 Å². The zero-order valence-electron chi connectivity index (χ0n) is 13.1. The molecule has 5 nitrogen and oxygen atoms in total. The first-order chi connectivity index (χ1) is 8.53. The Morgan fingerprint density at radius 2 is 1.47 bits per heavy atom. The average Bonchev–Trinajstić information content (AvgIpc) is 2.19. The van der Waals surface area contributed by atoms with E-state index in [4.69, 9.17) is 18.3 Å². The van der Waals surface area contributed by atoms with Crippen LogP contribution in [0.15, 0.2) is 0 Å². The molecule has 0 aromatic carbocycles. The van der Waals surface area contributed by atoms with Crippen LogP contribution in [0.1, 0.15) is 0 Å². The predicted octanol–water partition coefficient (Wildman–Crippen LogP) is 1.79. The topological polar surface area (TPSA) is 57.2 Å². The molecule has 1 saturated heterocycles. The third kappa shape index (κ3) is 5.62. The van der Waals surface area contributed by atoms with Crippen molar-refractivity contribution in [1.82, 2.24) is 0 Å². The zero-order chi connectivity index (χ0) is 14.8. The molecular weight excluding hydrogens is 280 g/mol. The van der Waals surface area contributed by atoms with E-state index in [0.29, 0.717) is 6.61 Å². The van der Waals surface area contributed by atoms with Gasteiger partial charge in [0.2, 0.25) is 0 Å². The number of hydrogen-bond donors (Lipinski definition) is 1. The third-order valence-electron chi connectivity index (χ3n) is 2.67. The standard InChI is InChI=1S/C12H28O5Si2/c1-14-10-9(16-18(2,3)4)8-15-12(13)11(10)17-19(5,6)7/h9-13H,8H2,1-7H3/t9-,10+,11-,12?/m1/s1. The molecule has 7 heteroatoms. The van der Waals surface area contributed by atoms with Crippen molar-refractivity contribution in [1.29, 1.82) is 0 Å². The van der Waals surface area contributed by atoms with Gasteiger partial charge in [0, 0.05) is 7.11 Å². The molecule has 0 aromatic heterocycles. The summed E-state index contributed by atoms with van der Waals surface area (Å²) in [6, 6.07) is 0. The maximum absolute atomic E-state index is 10.0. The Hall–Kier alpha value is 0.234. The summed E-state index contributed by atoms with van der Waals surface area (Å²) in [7, 11) is -1.87. The Balaban J connectivity index is 2.82. The first kappa shape index (κ1) is 17.3. The van der Waals surface area contributed by atoms with Gasteiger partial charge in [0.15, 0.2) is 22.9 Å². The van der Waals surface area contributed by atoms with E-state index in [1.165, 1.54) is 0 Å². The molecule has 1 heterocycles. The van der Waals surface area contributed by atoms with E-state index in [-0.39, 0.29) is 12.2 Å². The normalized spacial score (nSPS) is 33.5. The molecule has 1 aliphatic heterocycles. The Morgan fingerprint density at radius 1 is 0.947 bits per heavy atom. The lowest BCUT2D eigenvalue weighted by atomic mass is 10.1. The molecule has 1 rings (SSSR count). The second-order valence-electron chi connectivity index (χ2n) is 6.89. The van der Waals surface area contributed by atoms with Crippen molar-refractivity contribution in [2.75, 3.05) is 13.7 Å². The minimum Gasteiger partial charge on any atom is -0.410 e. The van der Waals surface area contributed by atoms with Crippen molar-refractivity contribution in [3.63, 3.8) is 0 Å². The summed E-state index contributed by atoms with van der Waals surface area (Å²) < 4.78 is 23.0. The van der Waals surface area contributed by atoms with E-state index in [2.05, 4.69) is 39.3 Å². The highest BCUT2D eigenvalue weighted by molar-refractivity contribution is 6.70. The Kier molecular flexibility index (Phi) is 5.77. The number of hydrogen-bond acceptors (Lipinski definition) is 5. The molecule has 0 aliphatic carbocycles. The van der Waals surface area contributed by atoms with E-state index >= 15 is 0 Å². The van der Waals surface area contributed by atoms with Crippen molar-refractivity contribution in [3.8, 4) is 0 Å². The molecule has 4 atom stereocenters. The molecular formula is C12H28O5Si2. The Morgan fingerprint density at radius 3 is 1.89 bits per heavy atom. The van der Waals surface area contributed by atoms with Crippen LogP contribution in [0.4, 0.5) is 0 Å². The van der Waals surface area contributed by atoms with Gasteiger partial charge in [-0.25, -0.2) is 0 Å². The second-order valence-corrected chi connectivity index (χ2v) is 15.8. The molecule has 1 fully saturated rings. The third-order valence-corrected chi connectivity index (χ3v) is 4.66. The molecule has 0 amide bonds. The number of aliphatic hydroxyl groups excluding tert-OH is 1. The fraction of sp³-hybridized carbons (Fsp3) is 1.00. The van der Waals surface area contributed by atoms with E-state index < -0.39 is 29.0 Å². The SMILES string of the molecule is CO[C@H]1[C@H](O[Si](C)(C)C)COC(O)[C@@H]1O[Si](C)(C)C. The van der Waals surface area contributed by atoms with Crippen molar-refractivity contribution in [3.05, 3.63) is 0 Å².